The van der Waals surface area contributed by atoms with E-state index in [4.69, 9.17) is 10.5 Å². The smallest absolute Gasteiger partial charge is 0.227 e. The molecular formula is C15H23ClN2O2. The van der Waals surface area contributed by atoms with Crippen molar-refractivity contribution >= 4 is 18.3 Å². The zero-order valence-electron chi connectivity index (χ0n) is 11.9. The Balaban J connectivity index is 0.00000200. The minimum absolute atomic E-state index is 0. The summed E-state index contributed by atoms with van der Waals surface area (Å²) in [5.74, 6) is 0.995. The number of nitrogens with two attached hydrogens (primary N) is 1. The SMILES string of the molecule is COc1ccc(CC(=O)N2CCCCC2CN)cc1.Cl. The van der Waals surface area contributed by atoms with E-state index in [2.05, 4.69) is 0 Å². The van der Waals surface area contributed by atoms with E-state index in [-0.39, 0.29) is 24.4 Å². The number of methoxy groups -OCH3 is 1. The van der Waals surface area contributed by atoms with Crippen LogP contribution in [0.25, 0.3) is 0 Å². The number of halogens is 1. The lowest BCUT2D eigenvalue weighted by molar-refractivity contribution is -0.133. The molecule has 4 nitrogen and oxygen atoms in total. The number of carbonyl (C=O) groups excluding carboxylic acids is 1. The van der Waals surface area contributed by atoms with Crippen molar-refractivity contribution in [3.05, 3.63) is 29.8 Å². The van der Waals surface area contributed by atoms with Crippen LogP contribution in [0.1, 0.15) is 24.8 Å². The second-order valence-corrected chi connectivity index (χ2v) is 5.00. The summed E-state index contributed by atoms with van der Waals surface area (Å²) in [5.41, 5.74) is 6.77. The van der Waals surface area contributed by atoms with Gasteiger partial charge in [-0.05, 0) is 37.0 Å². The zero-order valence-corrected chi connectivity index (χ0v) is 12.7. The molecule has 0 radical (unpaired) electrons. The molecule has 1 aliphatic rings. The molecule has 2 rings (SSSR count). The number of likely N-dealkylation sites (tertiary alicyclic amines) is 1. The Hall–Kier alpha value is -1.26. The van der Waals surface area contributed by atoms with E-state index in [9.17, 15) is 4.79 Å². The lowest BCUT2D eigenvalue weighted by atomic mass is 10.0. The number of ether oxygens (including phenoxy) is 1. The summed E-state index contributed by atoms with van der Waals surface area (Å²) in [5, 5.41) is 0. The summed E-state index contributed by atoms with van der Waals surface area (Å²) < 4.78 is 5.11. The van der Waals surface area contributed by atoms with Gasteiger partial charge < -0.3 is 15.4 Å². The number of nitrogens with zero attached hydrogens (tertiary/aromatic N) is 1. The molecule has 1 amide bonds. The lowest BCUT2D eigenvalue weighted by Gasteiger charge is -2.35. The lowest BCUT2D eigenvalue weighted by Crippen LogP contribution is -2.48. The molecule has 0 aliphatic carbocycles. The normalized spacial score (nSPS) is 18.3. The van der Waals surface area contributed by atoms with Crippen molar-refractivity contribution in [3.63, 3.8) is 0 Å². The van der Waals surface area contributed by atoms with Gasteiger partial charge in [0.05, 0.1) is 13.5 Å². The zero-order chi connectivity index (χ0) is 13.7. The second kappa shape index (κ2) is 8.12. The van der Waals surface area contributed by atoms with Crippen LogP contribution in [0.5, 0.6) is 5.75 Å². The van der Waals surface area contributed by atoms with Gasteiger partial charge in [-0.1, -0.05) is 12.1 Å². The highest BCUT2D eigenvalue weighted by molar-refractivity contribution is 5.85. The van der Waals surface area contributed by atoms with Crippen LogP contribution in [0.2, 0.25) is 0 Å². The predicted molar refractivity (Wildman–Crippen MR) is 82.4 cm³/mol. The van der Waals surface area contributed by atoms with Crippen LogP contribution >= 0.6 is 12.4 Å². The molecule has 1 unspecified atom stereocenters. The molecule has 20 heavy (non-hydrogen) atoms. The van der Waals surface area contributed by atoms with Gasteiger partial charge in [0.15, 0.2) is 0 Å². The highest BCUT2D eigenvalue weighted by Crippen LogP contribution is 2.18. The van der Waals surface area contributed by atoms with Gasteiger partial charge in [0, 0.05) is 19.1 Å². The Bertz CT molecular complexity index is 422. The summed E-state index contributed by atoms with van der Waals surface area (Å²) >= 11 is 0. The molecular weight excluding hydrogens is 276 g/mol. The Morgan fingerprint density at radius 2 is 2.05 bits per heavy atom. The van der Waals surface area contributed by atoms with Gasteiger partial charge in [0.2, 0.25) is 5.91 Å². The number of hydrogen-bond donors (Lipinski definition) is 1. The molecule has 5 heteroatoms. The maximum atomic E-state index is 12.3. The standard InChI is InChI=1S/C15H22N2O2.ClH/c1-19-14-7-5-12(6-8-14)10-15(18)17-9-3-2-4-13(17)11-16;/h5-8,13H,2-4,9-11,16H2,1H3;1H. The number of benzene rings is 1. The van der Waals surface area contributed by atoms with Gasteiger partial charge in [-0.25, -0.2) is 0 Å². The van der Waals surface area contributed by atoms with Crippen LogP contribution in [0, 0.1) is 0 Å². The van der Waals surface area contributed by atoms with E-state index in [1.54, 1.807) is 7.11 Å². The molecule has 1 aromatic carbocycles. The molecule has 1 atom stereocenters. The van der Waals surface area contributed by atoms with Gasteiger partial charge in [0.25, 0.3) is 0 Å². The Kier molecular flexibility index (Phi) is 6.82. The fraction of sp³-hybridized carbons (Fsp3) is 0.533. The quantitative estimate of drug-likeness (QED) is 0.925. The average Bonchev–Trinajstić information content (AvgIpc) is 2.48. The monoisotopic (exact) mass is 298 g/mol. The first-order chi connectivity index (χ1) is 9.24. The van der Waals surface area contributed by atoms with E-state index in [0.29, 0.717) is 13.0 Å². The number of hydrogen-bond acceptors (Lipinski definition) is 3. The third kappa shape index (κ3) is 4.12. The van der Waals surface area contributed by atoms with E-state index in [1.807, 2.05) is 29.2 Å². The molecule has 0 saturated carbocycles. The third-order valence-electron chi connectivity index (χ3n) is 3.73. The summed E-state index contributed by atoms with van der Waals surface area (Å²) in [7, 11) is 1.64. The molecule has 1 aliphatic heterocycles. The second-order valence-electron chi connectivity index (χ2n) is 5.00. The van der Waals surface area contributed by atoms with Crippen molar-refractivity contribution < 1.29 is 9.53 Å². The van der Waals surface area contributed by atoms with Crippen LogP contribution in [-0.2, 0) is 11.2 Å². The predicted octanol–water partition coefficient (Wildman–Crippen LogP) is 2.00. The fourth-order valence-electron chi connectivity index (χ4n) is 2.59. The van der Waals surface area contributed by atoms with Crippen molar-refractivity contribution in [1.29, 1.82) is 0 Å². The maximum Gasteiger partial charge on any atom is 0.227 e. The minimum Gasteiger partial charge on any atom is -0.497 e. The summed E-state index contributed by atoms with van der Waals surface area (Å²) in [4.78, 5) is 14.3. The Labute approximate surface area is 126 Å². The summed E-state index contributed by atoms with van der Waals surface area (Å²) in [6.45, 7) is 1.41. The molecule has 1 saturated heterocycles. The van der Waals surface area contributed by atoms with E-state index < -0.39 is 0 Å². The van der Waals surface area contributed by atoms with Crippen molar-refractivity contribution in [1.82, 2.24) is 4.90 Å². The first-order valence-corrected chi connectivity index (χ1v) is 6.87. The van der Waals surface area contributed by atoms with Gasteiger partial charge in [0.1, 0.15) is 5.75 Å². The van der Waals surface area contributed by atoms with Gasteiger partial charge in [-0.3, -0.25) is 4.79 Å². The van der Waals surface area contributed by atoms with E-state index in [1.165, 1.54) is 6.42 Å². The number of rotatable bonds is 4. The number of piperidine rings is 1. The highest BCUT2D eigenvalue weighted by atomic mass is 35.5. The van der Waals surface area contributed by atoms with Crippen LogP contribution in [0.15, 0.2) is 24.3 Å². The molecule has 0 bridgehead atoms. The van der Waals surface area contributed by atoms with Gasteiger partial charge in [-0.2, -0.15) is 0 Å². The van der Waals surface area contributed by atoms with Crippen LogP contribution in [0.4, 0.5) is 0 Å². The van der Waals surface area contributed by atoms with Crippen molar-refractivity contribution in [2.45, 2.75) is 31.7 Å². The summed E-state index contributed by atoms with van der Waals surface area (Å²) in [6, 6.07) is 7.88. The molecule has 0 aromatic heterocycles. The molecule has 1 aromatic rings. The number of carbonyl (C=O) groups is 1. The average molecular weight is 299 g/mol. The summed E-state index contributed by atoms with van der Waals surface area (Å²) in [6.07, 6.45) is 3.74. The van der Waals surface area contributed by atoms with Crippen LogP contribution < -0.4 is 10.5 Å². The van der Waals surface area contributed by atoms with Crippen LogP contribution in [-0.4, -0.2) is 37.0 Å². The van der Waals surface area contributed by atoms with Gasteiger partial charge >= 0.3 is 0 Å². The van der Waals surface area contributed by atoms with Crippen molar-refractivity contribution in [2.24, 2.45) is 5.73 Å². The molecule has 0 spiro atoms. The van der Waals surface area contributed by atoms with Crippen LogP contribution in [0.3, 0.4) is 0 Å². The fourth-order valence-corrected chi connectivity index (χ4v) is 2.59. The molecule has 1 heterocycles. The third-order valence-corrected chi connectivity index (χ3v) is 3.73. The van der Waals surface area contributed by atoms with Gasteiger partial charge in [-0.15, -0.1) is 12.4 Å². The van der Waals surface area contributed by atoms with Crippen molar-refractivity contribution in [2.75, 3.05) is 20.2 Å². The topological polar surface area (TPSA) is 55.6 Å². The maximum absolute atomic E-state index is 12.3. The highest BCUT2D eigenvalue weighted by Gasteiger charge is 2.25. The van der Waals surface area contributed by atoms with E-state index >= 15 is 0 Å². The Morgan fingerprint density at radius 1 is 1.35 bits per heavy atom. The minimum atomic E-state index is 0. The Morgan fingerprint density at radius 3 is 2.65 bits per heavy atom. The molecule has 1 fully saturated rings. The molecule has 2 N–H and O–H groups in total. The first kappa shape index (κ1) is 16.8. The first-order valence-electron chi connectivity index (χ1n) is 6.87. The largest absolute Gasteiger partial charge is 0.497 e. The number of amides is 1. The van der Waals surface area contributed by atoms with E-state index in [0.717, 1.165) is 30.7 Å². The van der Waals surface area contributed by atoms with Crippen molar-refractivity contribution in [3.8, 4) is 5.75 Å². The molecule has 112 valence electrons.